The summed E-state index contributed by atoms with van der Waals surface area (Å²) in [7, 11) is 0. The number of aliphatic hydroxyl groups excluding tert-OH is 1. The number of fused-ring (bicyclic) bond motifs is 2. The van der Waals surface area contributed by atoms with Crippen molar-refractivity contribution in [3.05, 3.63) is 71.9 Å². The number of ether oxygens (including phenoxy) is 2. The average Bonchev–Trinajstić information content (AvgIpc) is 3.08. The van der Waals surface area contributed by atoms with Crippen molar-refractivity contribution in [1.29, 1.82) is 0 Å². The van der Waals surface area contributed by atoms with E-state index in [2.05, 4.69) is 6.92 Å². The first-order valence-corrected chi connectivity index (χ1v) is 11.2. The molecule has 0 aliphatic carbocycles. The maximum Gasteiger partial charge on any atom is 0.422 e. The van der Waals surface area contributed by atoms with Gasteiger partial charge in [-0.15, -0.1) is 0 Å². The van der Waals surface area contributed by atoms with Crippen molar-refractivity contribution in [2.45, 2.75) is 31.7 Å². The maximum absolute atomic E-state index is 15.2. The van der Waals surface area contributed by atoms with Crippen LogP contribution in [-0.4, -0.2) is 41.5 Å². The van der Waals surface area contributed by atoms with Gasteiger partial charge in [0.2, 0.25) is 0 Å². The predicted octanol–water partition coefficient (Wildman–Crippen LogP) is 5.36. The molecule has 3 aromatic carbocycles. The summed E-state index contributed by atoms with van der Waals surface area (Å²) in [5.41, 5.74) is -0.854. The van der Waals surface area contributed by atoms with E-state index < -0.39 is 48.3 Å². The molecule has 2 unspecified atom stereocenters. The fourth-order valence-electron chi connectivity index (χ4n) is 4.43. The zero-order valence-electron chi connectivity index (χ0n) is 19.5. The van der Waals surface area contributed by atoms with E-state index in [4.69, 9.17) is 9.47 Å². The minimum atomic E-state index is -4.71. The number of amides is 1. The molecule has 0 aromatic heterocycles. The first-order valence-electron chi connectivity index (χ1n) is 11.2. The van der Waals surface area contributed by atoms with Gasteiger partial charge in [-0.25, -0.2) is 4.39 Å². The fraction of sp³-hybridized carbons (Fsp3) is 0.269. The summed E-state index contributed by atoms with van der Waals surface area (Å²) in [5, 5.41) is 21.0. The molecule has 3 aromatic rings. The van der Waals surface area contributed by atoms with Crippen molar-refractivity contribution in [3.63, 3.8) is 0 Å². The van der Waals surface area contributed by atoms with Gasteiger partial charge < -0.3 is 19.7 Å². The van der Waals surface area contributed by atoms with Gasteiger partial charge in [0.25, 0.3) is 5.91 Å². The van der Waals surface area contributed by atoms with Crippen LogP contribution in [0.25, 0.3) is 10.8 Å². The van der Waals surface area contributed by atoms with Gasteiger partial charge in [-0.3, -0.25) is 14.5 Å². The minimum absolute atomic E-state index is 0.0130. The Morgan fingerprint density at radius 1 is 1.14 bits per heavy atom. The van der Waals surface area contributed by atoms with Crippen molar-refractivity contribution in [1.82, 2.24) is 0 Å². The number of anilines is 1. The standard InChI is InChI=1S/C26H22F4NO6/c1-3-14(25(34)35)13-9-10-18(17(27)11-13)31-23(32)19-20(24(31)33)22(37-12-26(28,29)30)16-8-6-5-7-15(16)21(19)36-4-2/h5-11,14,24,33H,1,3-4,12H2,2H3,(H,34,35). The Balaban J connectivity index is 1.90. The highest BCUT2D eigenvalue weighted by Crippen LogP contribution is 2.50. The van der Waals surface area contributed by atoms with Crippen LogP contribution in [0.15, 0.2) is 42.5 Å². The summed E-state index contributed by atoms with van der Waals surface area (Å²) in [6.07, 6.45) is -6.69. The molecule has 0 saturated carbocycles. The Morgan fingerprint density at radius 2 is 1.78 bits per heavy atom. The van der Waals surface area contributed by atoms with Gasteiger partial charge in [0.1, 0.15) is 17.3 Å². The van der Waals surface area contributed by atoms with E-state index in [0.717, 1.165) is 12.1 Å². The van der Waals surface area contributed by atoms with Crippen molar-refractivity contribution in [2.75, 3.05) is 18.1 Å². The molecule has 1 aliphatic rings. The van der Waals surface area contributed by atoms with E-state index in [1.165, 1.54) is 18.2 Å². The van der Waals surface area contributed by atoms with Crippen LogP contribution in [0, 0.1) is 12.7 Å². The summed E-state index contributed by atoms with van der Waals surface area (Å²) in [5.74, 6) is -4.62. The Morgan fingerprint density at radius 3 is 2.32 bits per heavy atom. The molecule has 7 nitrogen and oxygen atoms in total. The molecular formula is C26H22F4NO6. The quantitative estimate of drug-likeness (QED) is 0.388. The van der Waals surface area contributed by atoms with Crippen molar-refractivity contribution in [2.24, 2.45) is 0 Å². The largest absolute Gasteiger partial charge is 0.492 e. The van der Waals surface area contributed by atoms with Gasteiger partial charge in [0.05, 0.1) is 29.3 Å². The molecule has 0 spiro atoms. The van der Waals surface area contributed by atoms with Crippen molar-refractivity contribution >= 4 is 28.3 Å². The molecule has 0 fully saturated rings. The molecule has 2 N–H and O–H groups in total. The zero-order valence-corrected chi connectivity index (χ0v) is 19.5. The predicted molar refractivity (Wildman–Crippen MR) is 125 cm³/mol. The van der Waals surface area contributed by atoms with Crippen LogP contribution in [0.5, 0.6) is 11.5 Å². The lowest BCUT2D eigenvalue weighted by molar-refractivity contribution is -0.153. The number of carbonyl (C=O) groups excluding carboxylic acids is 1. The highest BCUT2D eigenvalue weighted by molar-refractivity contribution is 6.17. The Bertz CT molecular complexity index is 1370. The Kier molecular flexibility index (Phi) is 7.00. The van der Waals surface area contributed by atoms with Crippen LogP contribution < -0.4 is 14.4 Å². The van der Waals surface area contributed by atoms with Gasteiger partial charge in [-0.05, 0) is 31.0 Å². The first-order chi connectivity index (χ1) is 17.5. The highest BCUT2D eigenvalue weighted by atomic mass is 19.4. The maximum atomic E-state index is 15.2. The topological polar surface area (TPSA) is 96.3 Å². The summed E-state index contributed by atoms with van der Waals surface area (Å²) in [6.45, 7) is 3.59. The monoisotopic (exact) mass is 520 g/mol. The number of hydrogen-bond donors (Lipinski definition) is 2. The van der Waals surface area contributed by atoms with Crippen LogP contribution in [0.4, 0.5) is 23.2 Å². The molecule has 2 atom stereocenters. The van der Waals surface area contributed by atoms with Gasteiger partial charge in [-0.2, -0.15) is 13.2 Å². The van der Waals surface area contributed by atoms with Crippen LogP contribution in [0.3, 0.4) is 0 Å². The fourth-order valence-corrected chi connectivity index (χ4v) is 4.43. The number of carboxylic acid groups (broad SMARTS) is 1. The number of carbonyl (C=O) groups is 2. The molecule has 1 amide bonds. The lowest BCUT2D eigenvalue weighted by Crippen LogP contribution is -2.29. The number of carboxylic acids is 1. The number of hydrogen-bond acceptors (Lipinski definition) is 5. The Labute approximate surface area is 208 Å². The minimum Gasteiger partial charge on any atom is -0.492 e. The molecular weight excluding hydrogens is 498 g/mol. The lowest BCUT2D eigenvalue weighted by atomic mass is 9.96. The van der Waals surface area contributed by atoms with Crippen molar-refractivity contribution < 1.29 is 46.8 Å². The van der Waals surface area contributed by atoms with E-state index in [-0.39, 0.29) is 52.0 Å². The number of aliphatic hydroxyl groups is 1. The third kappa shape index (κ3) is 4.66. The summed E-state index contributed by atoms with van der Waals surface area (Å²) >= 11 is 0. The molecule has 195 valence electrons. The number of alkyl halides is 3. The molecule has 1 aliphatic heterocycles. The second kappa shape index (κ2) is 9.89. The third-order valence-electron chi connectivity index (χ3n) is 5.98. The van der Waals surface area contributed by atoms with E-state index >= 15 is 4.39 Å². The summed E-state index contributed by atoms with van der Waals surface area (Å²) < 4.78 is 65.2. The molecule has 1 heterocycles. The van der Waals surface area contributed by atoms with Gasteiger partial charge in [-0.1, -0.05) is 37.3 Å². The molecule has 4 rings (SSSR count). The van der Waals surface area contributed by atoms with Crippen LogP contribution in [0.1, 0.15) is 47.0 Å². The molecule has 11 heteroatoms. The van der Waals surface area contributed by atoms with Crippen molar-refractivity contribution in [3.8, 4) is 11.5 Å². The number of rotatable bonds is 8. The van der Waals surface area contributed by atoms with E-state index in [9.17, 15) is 33.0 Å². The Hall–Kier alpha value is -3.86. The molecule has 1 radical (unpaired) electrons. The van der Waals surface area contributed by atoms with E-state index in [1.807, 2.05) is 0 Å². The average molecular weight is 520 g/mol. The van der Waals surface area contributed by atoms with Crippen LogP contribution in [-0.2, 0) is 4.79 Å². The first kappa shape index (κ1) is 26.2. The molecule has 0 saturated heterocycles. The SMILES string of the molecule is [CH2]CC(C(=O)O)c1ccc(N2C(=O)c3c(c(OCC(F)(F)F)c4ccccc4c3OCC)C2O)c(F)c1. The van der Waals surface area contributed by atoms with E-state index in [0.29, 0.717) is 4.90 Å². The smallest absolute Gasteiger partial charge is 0.422 e. The van der Waals surface area contributed by atoms with Gasteiger partial charge in [0.15, 0.2) is 12.8 Å². The number of halogens is 4. The van der Waals surface area contributed by atoms with E-state index in [1.54, 1.807) is 19.1 Å². The van der Waals surface area contributed by atoms with Gasteiger partial charge >= 0.3 is 12.1 Å². The second-order valence-electron chi connectivity index (χ2n) is 8.27. The molecule has 0 bridgehead atoms. The second-order valence-corrected chi connectivity index (χ2v) is 8.27. The third-order valence-corrected chi connectivity index (χ3v) is 5.98. The number of nitrogens with zero attached hydrogens (tertiary/aromatic N) is 1. The molecule has 37 heavy (non-hydrogen) atoms. The summed E-state index contributed by atoms with van der Waals surface area (Å²) in [4.78, 5) is 25.7. The normalized spacial score (nSPS) is 16.1. The summed E-state index contributed by atoms with van der Waals surface area (Å²) in [6, 6.07) is 9.46. The van der Waals surface area contributed by atoms with Crippen LogP contribution >= 0.6 is 0 Å². The number of aliphatic carboxylic acids is 1. The number of benzene rings is 3. The highest BCUT2D eigenvalue weighted by Gasteiger charge is 2.45. The van der Waals surface area contributed by atoms with Crippen LogP contribution in [0.2, 0.25) is 0 Å². The van der Waals surface area contributed by atoms with Gasteiger partial charge in [0, 0.05) is 10.8 Å². The lowest BCUT2D eigenvalue weighted by Gasteiger charge is -2.23. The zero-order chi connectivity index (χ0) is 27.1.